The Morgan fingerprint density at radius 1 is 1.08 bits per heavy atom. The molecule has 0 radical (unpaired) electrons. The molecule has 3 nitrogen and oxygen atoms in total. The Hall–Kier alpha value is -2.07. The Balaban J connectivity index is 1.40. The van der Waals surface area contributed by atoms with Crippen LogP contribution >= 0.6 is 12.2 Å². The molecule has 138 valence electrons. The van der Waals surface area contributed by atoms with Crippen molar-refractivity contribution in [2.75, 3.05) is 5.32 Å². The van der Waals surface area contributed by atoms with Crippen molar-refractivity contribution in [3.8, 4) is 5.75 Å². The molecule has 1 saturated carbocycles. The smallest absolute Gasteiger partial charge is 0.170 e. The summed E-state index contributed by atoms with van der Waals surface area (Å²) >= 11 is 5.44. The molecule has 0 amide bonds. The molecule has 2 N–H and O–H groups in total. The van der Waals surface area contributed by atoms with Gasteiger partial charge < -0.3 is 15.4 Å². The van der Waals surface area contributed by atoms with Crippen LogP contribution in [-0.2, 0) is 6.42 Å². The van der Waals surface area contributed by atoms with Crippen LogP contribution in [-0.4, -0.2) is 17.3 Å². The number of anilines is 1. The van der Waals surface area contributed by atoms with Gasteiger partial charge in [-0.05, 0) is 87.5 Å². The molecule has 0 aliphatic heterocycles. The van der Waals surface area contributed by atoms with Gasteiger partial charge in [0.05, 0.1) is 6.10 Å². The van der Waals surface area contributed by atoms with Gasteiger partial charge in [0.2, 0.25) is 0 Å². The number of ether oxygens (including phenoxy) is 1. The highest BCUT2D eigenvalue weighted by atomic mass is 32.1. The molecule has 0 saturated heterocycles. The van der Waals surface area contributed by atoms with Gasteiger partial charge in [-0.2, -0.15) is 0 Å². The molecule has 26 heavy (non-hydrogen) atoms. The molecule has 1 fully saturated rings. The van der Waals surface area contributed by atoms with Crippen LogP contribution < -0.4 is 15.4 Å². The van der Waals surface area contributed by atoms with Gasteiger partial charge in [-0.25, -0.2) is 0 Å². The van der Waals surface area contributed by atoms with Gasteiger partial charge in [0, 0.05) is 11.7 Å². The second-order valence-corrected chi connectivity index (χ2v) is 7.48. The topological polar surface area (TPSA) is 33.3 Å². The lowest BCUT2D eigenvalue weighted by molar-refractivity contribution is 0.210. The summed E-state index contributed by atoms with van der Waals surface area (Å²) in [5, 5.41) is 7.28. The zero-order chi connectivity index (χ0) is 18.2. The molecule has 2 aromatic carbocycles. The van der Waals surface area contributed by atoms with Crippen molar-refractivity contribution in [3.63, 3.8) is 0 Å². The van der Waals surface area contributed by atoms with Crippen LogP contribution in [0, 0.1) is 0 Å². The van der Waals surface area contributed by atoms with Gasteiger partial charge >= 0.3 is 0 Å². The minimum atomic E-state index is 0.320. The van der Waals surface area contributed by atoms with Gasteiger partial charge in [0.1, 0.15) is 5.75 Å². The quantitative estimate of drug-likeness (QED) is 0.648. The minimum Gasteiger partial charge on any atom is -0.490 e. The lowest BCUT2D eigenvalue weighted by Gasteiger charge is -2.17. The molecule has 1 unspecified atom stereocenters. The zero-order valence-electron chi connectivity index (χ0n) is 15.4. The van der Waals surface area contributed by atoms with Gasteiger partial charge in [-0.3, -0.25) is 0 Å². The maximum Gasteiger partial charge on any atom is 0.170 e. The van der Waals surface area contributed by atoms with E-state index in [4.69, 9.17) is 17.0 Å². The van der Waals surface area contributed by atoms with E-state index in [0.717, 1.165) is 24.3 Å². The molecule has 0 bridgehead atoms. The molecule has 1 aliphatic rings. The third-order valence-corrected chi connectivity index (χ3v) is 5.02. The number of aryl methyl sites for hydroxylation is 1. The predicted octanol–water partition coefficient (Wildman–Crippen LogP) is 5.32. The Bertz CT molecular complexity index is 681. The van der Waals surface area contributed by atoms with Crippen molar-refractivity contribution in [1.29, 1.82) is 0 Å². The van der Waals surface area contributed by atoms with Crippen molar-refractivity contribution < 1.29 is 4.74 Å². The fraction of sp³-hybridized carbons (Fsp3) is 0.409. The number of hydrogen-bond acceptors (Lipinski definition) is 2. The van der Waals surface area contributed by atoms with E-state index >= 15 is 0 Å². The first-order chi connectivity index (χ1) is 12.7. The highest BCUT2D eigenvalue weighted by Gasteiger charge is 2.16. The average molecular weight is 369 g/mol. The minimum absolute atomic E-state index is 0.320. The predicted molar refractivity (Wildman–Crippen MR) is 113 cm³/mol. The van der Waals surface area contributed by atoms with Gasteiger partial charge in [0.25, 0.3) is 0 Å². The van der Waals surface area contributed by atoms with Crippen LogP contribution in [0.15, 0.2) is 54.6 Å². The number of nitrogens with one attached hydrogen (secondary N) is 2. The molecule has 4 heteroatoms. The van der Waals surface area contributed by atoms with Gasteiger partial charge in [-0.15, -0.1) is 0 Å². The van der Waals surface area contributed by atoms with Crippen LogP contribution in [0.2, 0.25) is 0 Å². The monoisotopic (exact) mass is 368 g/mol. The van der Waals surface area contributed by atoms with E-state index in [9.17, 15) is 0 Å². The Labute approximate surface area is 162 Å². The highest BCUT2D eigenvalue weighted by molar-refractivity contribution is 7.80. The molecule has 1 atom stereocenters. The summed E-state index contributed by atoms with van der Waals surface area (Å²) in [4.78, 5) is 0. The van der Waals surface area contributed by atoms with Crippen LogP contribution in [0.4, 0.5) is 5.69 Å². The maximum atomic E-state index is 6.00. The molecule has 0 aromatic heterocycles. The van der Waals surface area contributed by atoms with E-state index in [1.807, 2.05) is 30.3 Å². The second kappa shape index (κ2) is 9.58. The number of rotatable bonds is 7. The SMILES string of the molecule is CC(CCc1ccccc1)NC(=S)Nc1ccc(OC2CCCC2)cc1. The van der Waals surface area contributed by atoms with Crippen LogP contribution in [0.3, 0.4) is 0 Å². The van der Waals surface area contributed by atoms with Crippen LogP contribution in [0.1, 0.15) is 44.6 Å². The summed E-state index contributed by atoms with van der Waals surface area (Å²) in [6.45, 7) is 2.16. The molecule has 0 heterocycles. The van der Waals surface area contributed by atoms with Crippen molar-refractivity contribution in [2.24, 2.45) is 0 Å². The number of thiocarbonyl (C=S) groups is 1. The van der Waals surface area contributed by atoms with Crippen molar-refractivity contribution in [2.45, 2.75) is 57.6 Å². The van der Waals surface area contributed by atoms with Crippen LogP contribution in [0.5, 0.6) is 5.75 Å². The Morgan fingerprint density at radius 2 is 1.77 bits per heavy atom. The van der Waals surface area contributed by atoms with E-state index in [-0.39, 0.29) is 0 Å². The fourth-order valence-electron chi connectivity index (χ4n) is 3.31. The molecule has 3 rings (SSSR count). The molecular weight excluding hydrogens is 340 g/mol. The lowest BCUT2D eigenvalue weighted by Crippen LogP contribution is -2.36. The summed E-state index contributed by atoms with van der Waals surface area (Å²) in [6, 6.07) is 18.9. The van der Waals surface area contributed by atoms with E-state index in [0.29, 0.717) is 17.3 Å². The summed E-state index contributed by atoms with van der Waals surface area (Å²) in [7, 11) is 0. The van der Waals surface area contributed by atoms with Crippen molar-refractivity contribution >= 4 is 23.0 Å². The fourth-order valence-corrected chi connectivity index (χ4v) is 3.63. The first-order valence-corrected chi connectivity index (χ1v) is 9.98. The van der Waals surface area contributed by atoms with Crippen molar-refractivity contribution in [3.05, 3.63) is 60.2 Å². The molecule has 0 spiro atoms. The van der Waals surface area contributed by atoms with E-state index in [1.54, 1.807) is 0 Å². The first-order valence-electron chi connectivity index (χ1n) is 9.57. The summed E-state index contributed by atoms with van der Waals surface area (Å²) < 4.78 is 6.00. The van der Waals surface area contributed by atoms with E-state index < -0.39 is 0 Å². The average Bonchev–Trinajstić information content (AvgIpc) is 3.15. The Morgan fingerprint density at radius 3 is 2.46 bits per heavy atom. The zero-order valence-corrected chi connectivity index (χ0v) is 16.2. The van der Waals surface area contributed by atoms with Gasteiger partial charge in [0.15, 0.2) is 5.11 Å². The highest BCUT2D eigenvalue weighted by Crippen LogP contribution is 2.25. The molecule has 1 aliphatic carbocycles. The second-order valence-electron chi connectivity index (χ2n) is 7.07. The molecular formula is C22H28N2OS. The third-order valence-electron chi connectivity index (χ3n) is 4.80. The largest absolute Gasteiger partial charge is 0.490 e. The number of benzene rings is 2. The normalized spacial score (nSPS) is 15.4. The first kappa shape index (κ1) is 18.7. The Kier molecular flexibility index (Phi) is 6.89. The lowest BCUT2D eigenvalue weighted by atomic mass is 10.1. The summed E-state index contributed by atoms with van der Waals surface area (Å²) in [6.07, 6.45) is 7.40. The summed E-state index contributed by atoms with van der Waals surface area (Å²) in [5.41, 5.74) is 2.34. The number of hydrogen-bond donors (Lipinski definition) is 2. The van der Waals surface area contributed by atoms with E-state index in [1.165, 1.54) is 31.2 Å². The maximum absolute atomic E-state index is 6.00. The van der Waals surface area contributed by atoms with Crippen LogP contribution in [0.25, 0.3) is 0 Å². The standard InChI is InChI=1S/C22H28N2OS/c1-17(11-12-18-7-3-2-4-8-18)23-22(26)24-19-13-15-21(16-14-19)25-20-9-5-6-10-20/h2-4,7-8,13-17,20H,5-6,9-12H2,1H3,(H2,23,24,26). The summed E-state index contributed by atoms with van der Waals surface area (Å²) in [5.74, 6) is 0.942. The third kappa shape index (κ3) is 6.03. The molecule has 2 aromatic rings. The van der Waals surface area contributed by atoms with E-state index in [2.05, 4.69) is 41.8 Å². The van der Waals surface area contributed by atoms with Crippen molar-refractivity contribution in [1.82, 2.24) is 5.32 Å². The van der Waals surface area contributed by atoms with Gasteiger partial charge in [-0.1, -0.05) is 30.3 Å².